The lowest BCUT2D eigenvalue weighted by Gasteiger charge is -2.29. The Morgan fingerprint density at radius 1 is 1.00 bits per heavy atom. The van der Waals surface area contributed by atoms with Gasteiger partial charge >= 0.3 is 0 Å². The van der Waals surface area contributed by atoms with Crippen molar-refractivity contribution in [2.75, 3.05) is 4.90 Å². The van der Waals surface area contributed by atoms with Crippen molar-refractivity contribution < 1.29 is 9.59 Å². The van der Waals surface area contributed by atoms with E-state index in [9.17, 15) is 9.59 Å². The van der Waals surface area contributed by atoms with Crippen LogP contribution in [0.2, 0.25) is 0 Å². The number of rotatable bonds is 1. The number of aryl methyl sites for hydroxylation is 2. The number of nitrogens with zero attached hydrogens (tertiary/aromatic N) is 1. The van der Waals surface area contributed by atoms with Gasteiger partial charge in [0, 0.05) is 9.65 Å². The Hall–Kier alpha value is -0.680. The standard InChI is InChI=1S/C16H17Br2NO2/c1-8-3-4-9(2)14(5-8)19-15(20)10-6-12(17)13(18)7-11(10)16(19)21/h3-5,10-13H,6-7H2,1-2H3/t10-,11-,12+,13+/m0/s1. The lowest BCUT2D eigenvalue weighted by atomic mass is 9.81. The van der Waals surface area contributed by atoms with E-state index in [1.165, 1.54) is 4.90 Å². The number of hydrogen-bond acceptors (Lipinski definition) is 2. The molecule has 0 aromatic heterocycles. The average molecular weight is 415 g/mol. The van der Waals surface area contributed by atoms with Crippen LogP contribution in [0.4, 0.5) is 5.69 Å². The minimum atomic E-state index is -0.185. The summed E-state index contributed by atoms with van der Waals surface area (Å²) in [6, 6.07) is 5.90. The topological polar surface area (TPSA) is 37.4 Å². The van der Waals surface area contributed by atoms with E-state index in [1.807, 2.05) is 32.0 Å². The molecule has 1 saturated carbocycles. The summed E-state index contributed by atoms with van der Waals surface area (Å²) in [5.41, 5.74) is 2.77. The van der Waals surface area contributed by atoms with E-state index >= 15 is 0 Å². The maximum absolute atomic E-state index is 12.7. The highest BCUT2D eigenvalue weighted by Gasteiger charge is 2.52. The molecular weight excluding hydrogens is 398 g/mol. The van der Waals surface area contributed by atoms with Crippen molar-refractivity contribution in [1.29, 1.82) is 0 Å². The predicted molar refractivity (Wildman–Crippen MR) is 90.1 cm³/mol. The Morgan fingerprint density at radius 3 is 2.05 bits per heavy atom. The van der Waals surface area contributed by atoms with Gasteiger partial charge in [-0.2, -0.15) is 0 Å². The Kier molecular flexibility index (Phi) is 3.99. The van der Waals surface area contributed by atoms with Crippen LogP contribution < -0.4 is 4.90 Å². The minimum Gasteiger partial charge on any atom is -0.274 e. The molecular formula is C16H17Br2NO2. The quantitative estimate of drug-likeness (QED) is 0.518. The molecule has 5 heteroatoms. The summed E-state index contributed by atoms with van der Waals surface area (Å²) in [5.74, 6) is -0.448. The molecule has 1 aliphatic carbocycles. The molecule has 0 bridgehead atoms. The van der Waals surface area contributed by atoms with Gasteiger partial charge in [-0.05, 0) is 43.9 Å². The fourth-order valence-corrected chi connectivity index (χ4v) is 4.53. The van der Waals surface area contributed by atoms with Crippen LogP contribution in [0.5, 0.6) is 0 Å². The number of alkyl halides is 2. The summed E-state index contributed by atoms with van der Waals surface area (Å²) in [7, 11) is 0. The normalized spacial score (nSPS) is 32.5. The van der Waals surface area contributed by atoms with Crippen LogP contribution in [0.1, 0.15) is 24.0 Å². The predicted octanol–water partition coefficient (Wildman–Crippen LogP) is 3.73. The molecule has 0 radical (unpaired) electrons. The first-order valence-electron chi connectivity index (χ1n) is 7.13. The highest BCUT2D eigenvalue weighted by Crippen LogP contribution is 2.44. The number of imide groups is 1. The third-order valence-electron chi connectivity index (χ3n) is 4.52. The number of carbonyl (C=O) groups excluding carboxylic acids is 2. The molecule has 21 heavy (non-hydrogen) atoms. The minimum absolute atomic E-state index is 0.0393. The van der Waals surface area contributed by atoms with Crippen LogP contribution in [0.25, 0.3) is 0 Å². The van der Waals surface area contributed by atoms with Gasteiger partial charge in [-0.1, -0.05) is 44.0 Å². The monoisotopic (exact) mass is 413 g/mol. The van der Waals surface area contributed by atoms with Crippen LogP contribution in [0.15, 0.2) is 18.2 Å². The first-order chi connectivity index (χ1) is 9.90. The summed E-state index contributed by atoms with van der Waals surface area (Å²) >= 11 is 7.22. The molecule has 1 aromatic rings. The Morgan fingerprint density at radius 2 is 1.52 bits per heavy atom. The average Bonchev–Trinajstić information content (AvgIpc) is 2.66. The molecule has 1 saturated heterocycles. The van der Waals surface area contributed by atoms with Gasteiger partial charge in [0.1, 0.15) is 0 Å². The van der Waals surface area contributed by atoms with Gasteiger partial charge in [0.2, 0.25) is 11.8 Å². The number of hydrogen-bond donors (Lipinski definition) is 0. The number of benzene rings is 1. The maximum Gasteiger partial charge on any atom is 0.237 e. The summed E-state index contributed by atoms with van der Waals surface area (Å²) in [6.45, 7) is 3.92. The molecule has 0 N–H and O–H groups in total. The summed E-state index contributed by atoms with van der Waals surface area (Å²) < 4.78 is 0. The molecule has 2 amide bonds. The van der Waals surface area contributed by atoms with Crippen LogP contribution >= 0.6 is 31.9 Å². The van der Waals surface area contributed by atoms with E-state index in [0.29, 0.717) is 12.8 Å². The molecule has 0 unspecified atom stereocenters. The van der Waals surface area contributed by atoms with E-state index in [2.05, 4.69) is 31.9 Å². The van der Waals surface area contributed by atoms with Gasteiger partial charge in [0.05, 0.1) is 17.5 Å². The van der Waals surface area contributed by atoms with Gasteiger partial charge in [-0.25, -0.2) is 4.90 Å². The van der Waals surface area contributed by atoms with E-state index in [1.54, 1.807) is 0 Å². The number of halogens is 2. The van der Waals surface area contributed by atoms with Crippen molar-refractivity contribution in [3.05, 3.63) is 29.3 Å². The second-order valence-electron chi connectivity index (χ2n) is 6.02. The summed E-state index contributed by atoms with van der Waals surface area (Å²) in [6.07, 6.45) is 1.43. The second kappa shape index (κ2) is 5.51. The number of carbonyl (C=O) groups is 2. The Bertz CT molecular complexity index is 588. The molecule has 3 rings (SSSR count). The van der Waals surface area contributed by atoms with Crippen LogP contribution in [0, 0.1) is 25.7 Å². The molecule has 1 aromatic carbocycles. The first kappa shape index (κ1) is 15.2. The maximum atomic E-state index is 12.7. The van der Waals surface area contributed by atoms with Crippen molar-refractivity contribution in [3.63, 3.8) is 0 Å². The van der Waals surface area contributed by atoms with Crippen molar-refractivity contribution in [2.24, 2.45) is 11.8 Å². The zero-order valence-electron chi connectivity index (χ0n) is 12.0. The highest BCUT2D eigenvalue weighted by molar-refractivity contribution is 9.12. The number of fused-ring (bicyclic) bond motifs is 1. The lowest BCUT2D eigenvalue weighted by molar-refractivity contribution is -0.122. The first-order valence-corrected chi connectivity index (χ1v) is 8.96. The largest absolute Gasteiger partial charge is 0.274 e. The van der Waals surface area contributed by atoms with E-state index in [-0.39, 0.29) is 33.3 Å². The number of anilines is 1. The summed E-state index contributed by atoms with van der Waals surface area (Å²) in [4.78, 5) is 27.4. The zero-order valence-corrected chi connectivity index (χ0v) is 15.1. The van der Waals surface area contributed by atoms with Gasteiger partial charge < -0.3 is 0 Å². The van der Waals surface area contributed by atoms with Crippen molar-refractivity contribution in [2.45, 2.75) is 36.3 Å². The summed E-state index contributed by atoms with van der Waals surface area (Å²) in [5, 5.41) is 0. The fraction of sp³-hybridized carbons (Fsp3) is 0.500. The van der Waals surface area contributed by atoms with E-state index in [4.69, 9.17) is 0 Å². The Labute approximate surface area is 141 Å². The Balaban J connectivity index is 2.00. The van der Waals surface area contributed by atoms with Crippen LogP contribution in [-0.4, -0.2) is 21.5 Å². The van der Waals surface area contributed by atoms with Crippen molar-refractivity contribution in [1.82, 2.24) is 0 Å². The van der Waals surface area contributed by atoms with Gasteiger partial charge in [0.25, 0.3) is 0 Å². The van der Waals surface area contributed by atoms with E-state index in [0.717, 1.165) is 16.8 Å². The lowest BCUT2D eigenvalue weighted by Crippen LogP contribution is -2.34. The third-order valence-corrected chi connectivity index (χ3v) is 7.25. The molecule has 1 heterocycles. The fourth-order valence-electron chi connectivity index (χ4n) is 3.29. The molecule has 112 valence electrons. The molecule has 3 nitrogen and oxygen atoms in total. The molecule has 0 spiro atoms. The molecule has 4 atom stereocenters. The van der Waals surface area contributed by atoms with Crippen molar-refractivity contribution >= 4 is 49.4 Å². The second-order valence-corrected chi connectivity index (χ2v) is 8.37. The van der Waals surface area contributed by atoms with Crippen LogP contribution in [-0.2, 0) is 9.59 Å². The van der Waals surface area contributed by atoms with Crippen molar-refractivity contribution in [3.8, 4) is 0 Å². The van der Waals surface area contributed by atoms with E-state index < -0.39 is 0 Å². The molecule has 2 aliphatic rings. The van der Waals surface area contributed by atoms with Gasteiger partial charge in [-0.3, -0.25) is 9.59 Å². The number of amides is 2. The third kappa shape index (κ3) is 2.48. The highest BCUT2D eigenvalue weighted by atomic mass is 79.9. The zero-order chi connectivity index (χ0) is 15.3. The molecule has 2 fully saturated rings. The van der Waals surface area contributed by atoms with Crippen LogP contribution in [0.3, 0.4) is 0 Å². The SMILES string of the molecule is Cc1ccc(C)c(N2C(=O)[C@H]3C[C@@H](Br)[C@H](Br)C[C@@H]3C2=O)c1. The smallest absolute Gasteiger partial charge is 0.237 e. The molecule has 1 aliphatic heterocycles. The van der Waals surface area contributed by atoms with Gasteiger partial charge in [-0.15, -0.1) is 0 Å². The van der Waals surface area contributed by atoms with Gasteiger partial charge in [0.15, 0.2) is 0 Å².